The Labute approximate surface area is 121 Å². The number of nitrogens with two attached hydrogens (primary N) is 1. The molecule has 0 bridgehead atoms. The standard InChI is InChI=1S/C15H17FN2O3/c1-9(14-12(16)4-3-5-13(14)20-2)18-15(19)10-6-11(7-17)21-8-10/h3-6,8-9H,7,17H2,1-2H3,(H,18,19). The molecule has 0 spiro atoms. The molecule has 1 aromatic carbocycles. The van der Waals surface area contributed by atoms with Crippen LogP contribution in [0.4, 0.5) is 4.39 Å². The van der Waals surface area contributed by atoms with Crippen molar-refractivity contribution >= 4 is 5.91 Å². The fraction of sp³-hybridized carbons (Fsp3) is 0.267. The lowest BCUT2D eigenvalue weighted by Gasteiger charge is -2.17. The second kappa shape index (κ2) is 6.41. The van der Waals surface area contributed by atoms with Crippen LogP contribution < -0.4 is 15.8 Å². The maximum absolute atomic E-state index is 13.9. The molecular weight excluding hydrogens is 275 g/mol. The molecule has 1 unspecified atom stereocenters. The van der Waals surface area contributed by atoms with Gasteiger partial charge in [0, 0.05) is 0 Å². The minimum Gasteiger partial charge on any atom is -0.496 e. The lowest BCUT2D eigenvalue weighted by molar-refractivity contribution is 0.0938. The zero-order valence-electron chi connectivity index (χ0n) is 11.9. The molecular formula is C15H17FN2O3. The van der Waals surface area contributed by atoms with Gasteiger partial charge in [-0.15, -0.1) is 0 Å². The van der Waals surface area contributed by atoms with Crippen LogP contribution in [0, 0.1) is 5.82 Å². The molecule has 5 nitrogen and oxygen atoms in total. The molecule has 2 aromatic rings. The Hall–Kier alpha value is -2.34. The van der Waals surface area contributed by atoms with Crippen LogP contribution in [0.15, 0.2) is 34.9 Å². The molecule has 1 atom stereocenters. The lowest BCUT2D eigenvalue weighted by Crippen LogP contribution is -2.27. The van der Waals surface area contributed by atoms with Crippen LogP contribution in [0.3, 0.4) is 0 Å². The van der Waals surface area contributed by atoms with Gasteiger partial charge >= 0.3 is 0 Å². The Balaban J connectivity index is 2.18. The van der Waals surface area contributed by atoms with E-state index < -0.39 is 11.9 Å². The summed E-state index contributed by atoms with van der Waals surface area (Å²) in [7, 11) is 1.45. The third-order valence-corrected chi connectivity index (χ3v) is 3.13. The van der Waals surface area contributed by atoms with Crippen molar-refractivity contribution < 1.29 is 18.3 Å². The summed E-state index contributed by atoms with van der Waals surface area (Å²) in [5.74, 6) is 0.0992. The van der Waals surface area contributed by atoms with Crippen molar-refractivity contribution in [3.05, 3.63) is 53.2 Å². The predicted molar refractivity (Wildman–Crippen MR) is 75.4 cm³/mol. The lowest BCUT2D eigenvalue weighted by atomic mass is 10.1. The number of hydrogen-bond acceptors (Lipinski definition) is 4. The third-order valence-electron chi connectivity index (χ3n) is 3.13. The zero-order valence-corrected chi connectivity index (χ0v) is 11.9. The fourth-order valence-corrected chi connectivity index (χ4v) is 2.07. The van der Waals surface area contributed by atoms with Gasteiger partial charge in [-0.3, -0.25) is 4.79 Å². The van der Waals surface area contributed by atoms with E-state index in [4.69, 9.17) is 14.9 Å². The van der Waals surface area contributed by atoms with E-state index in [2.05, 4.69) is 5.32 Å². The zero-order chi connectivity index (χ0) is 15.4. The summed E-state index contributed by atoms with van der Waals surface area (Å²) < 4.78 is 24.2. The highest BCUT2D eigenvalue weighted by atomic mass is 19.1. The molecule has 112 valence electrons. The number of halogens is 1. The van der Waals surface area contributed by atoms with Crippen LogP contribution >= 0.6 is 0 Å². The third kappa shape index (κ3) is 3.22. The van der Waals surface area contributed by atoms with Gasteiger partial charge < -0.3 is 20.2 Å². The van der Waals surface area contributed by atoms with E-state index in [-0.39, 0.29) is 12.5 Å². The molecule has 0 aliphatic carbocycles. The van der Waals surface area contributed by atoms with Crippen molar-refractivity contribution in [1.29, 1.82) is 0 Å². The average Bonchev–Trinajstić information content (AvgIpc) is 2.95. The number of carbonyl (C=O) groups is 1. The van der Waals surface area contributed by atoms with Gasteiger partial charge in [-0.2, -0.15) is 0 Å². The monoisotopic (exact) mass is 292 g/mol. The van der Waals surface area contributed by atoms with E-state index >= 15 is 0 Å². The van der Waals surface area contributed by atoms with Crippen molar-refractivity contribution in [2.45, 2.75) is 19.5 Å². The van der Waals surface area contributed by atoms with Crippen LogP contribution in [0.5, 0.6) is 5.75 Å². The molecule has 6 heteroatoms. The molecule has 0 aliphatic heterocycles. The molecule has 0 saturated heterocycles. The van der Waals surface area contributed by atoms with E-state index in [0.717, 1.165) is 0 Å². The second-order valence-corrected chi connectivity index (χ2v) is 4.56. The topological polar surface area (TPSA) is 77.5 Å². The first-order valence-electron chi connectivity index (χ1n) is 6.47. The summed E-state index contributed by atoms with van der Waals surface area (Å²) in [6, 6.07) is 5.53. The summed E-state index contributed by atoms with van der Waals surface area (Å²) in [6.45, 7) is 1.90. The molecule has 1 aromatic heterocycles. The predicted octanol–water partition coefficient (Wildman–Crippen LogP) is 2.38. The van der Waals surface area contributed by atoms with Crippen LogP contribution in [0.1, 0.15) is 34.6 Å². The van der Waals surface area contributed by atoms with Crippen LogP contribution in [0.25, 0.3) is 0 Å². The van der Waals surface area contributed by atoms with Gasteiger partial charge in [0.2, 0.25) is 0 Å². The van der Waals surface area contributed by atoms with Crippen LogP contribution in [-0.2, 0) is 6.54 Å². The fourth-order valence-electron chi connectivity index (χ4n) is 2.07. The highest BCUT2D eigenvalue weighted by Gasteiger charge is 2.19. The number of benzene rings is 1. The summed E-state index contributed by atoms with van der Waals surface area (Å²) in [6.07, 6.45) is 1.32. The van der Waals surface area contributed by atoms with Crippen molar-refractivity contribution in [2.24, 2.45) is 5.73 Å². The number of carbonyl (C=O) groups excluding carboxylic acids is 1. The van der Waals surface area contributed by atoms with Crippen LogP contribution in [0.2, 0.25) is 0 Å². The minimum absolute atomic E-state index is 0.212. The van der Waals surface area contributed by atoms with Gasteiger partial charge in [0.05, 0.1) is 30.8 Å². The largest absolute Gasteiger partial charge is 0.496 e. The Morgan fingerprint density at radius 1 is 1.52 bits per heavy atom. The molecule has 0 saturated carbocycles. The first kappa shape index (κ1) is 15.1. The number of amides is 1. The molecule has 21 heavy (non-hydrogen) atoms. The van der Waals surface area contributed by atoms with Crippen molar-refractivity contribution in [3.8, 4) is 5.75 Å². The van der Waals surface area contributed by atoms with Gasteiger partial charge in [0.1, 0.15) is 23.6 Å². The van der Waals surface area contributed by atoms with E-state index in [0.29, 0.717) is 22.6 Å². The van der Waals surface area contributed by atoms with E-state index in [1.54, 1.807) is 25.1 Å². The second-order valence-electron chi connectivity index (χ2n) is 4.56. The van der Waals surface area contributed by atoms with E-state index in [9.17, 15) is 9.18 Å². The summed E-state index contributed by atoms with van der Waals surface area (Å²) in [5.41, 5.74) is 6.07. The number of rotatable bonds is 5. The molecule has 3 N–H and O–H groups in total. The molecule has 0 fully saturated rings. The Morgan fingerprint density at radius 2 is 2.29 bits per heavy atom. The van der Waals surface area contributed by atoms with Crippen molar-refractivity contribution in [1.82, 2.24) is 5.32 Å². The van der Waals surface area contributed by atoms with Crippen LogP contribution in [-0.4, -0.2) is 13.0 Å². The van der Waals surface area contributed by atoms with E-state index in [1.165, 1.54) is 19.4 Å². The van der Waals surface area contributed by atoms with Gasteiger partial charge in [0.15, 0.2) is 0 Å². The minimum atomic E-state index is -0.551. The quantitative estimate of drug-likeness (QED) is 0.887. The first-order valence-corrected chi connectivity index (χ1v) is 6.47. The summed E-state index contributed by atoms with van der Waals surface area (Å²) >= 11 is 0. The maximum Gasteiger partial charge on any atom is 0.255 e. The maximum atomic E-state index is 13.9. The Morgan fingerprint density at radius 3 is 2.90 bits per heavy atom. The average molecular weight is 292 g/mol. The molecule has 0 aliphatic rings. The molecule has 2 rings (SSSR count). The van der Waals surface area contributed by atoms with Crippen molar-refractivity contribution in [3.63, 3.8) is 0 Å². The number of hydrogen-bond donors (Lipinski definition) is 2. The number of furan rings is 1. The highest BCUT2D eigenvalue weighted by molar-refractivity contribution is 5.94. The van der Waals surface area contributed by atoms with Gasteiger partial charge in [-0.1, -0.05) is 6.07 Å². The van der Waals surface area contributed by atoms with E-state index in [1.807, 2.05) is 0 Å². The smallest absolute Gasteiger partial charge is 0.255 e. The number of methoxy groups -OCH3 is 1. The highest BCUT2D eigenvalue weighted by Crippen LogP contribution is 2.27. The number of nitrogens with one attached hydrogen (secondary N) is 1. The molecule has 0 radical (unpaired) electrons. The van der Waals surface area contributed by atoms with Gasteiger partial charge in [-0.25, -0.2) is 4.39 Å². The number of ether oxygens (including phenoxy) is 1. The molecule has 1 amide bonds. The summed E-state index contributed by atoms with van der Waals surface area (Å²) in [5, 5.41) is 2.71. The Bertz CT molecular complexity index is 640. The normalized spacial score (nSPS) is 12.0. The van der Waals surface area contributed by atoms with Gasteiger partial charge in [0.25, 0.3) is 5.91 Å². The first-order chi connectivity index (χ1) is 10.1. The SMILES string of the molecule is COc1cccc(F)c1C(C)NC(=O)c1coc(CN)c1. The van der Waals surface area contributed by atoms with Crippen molar-refractivity contribution in [2.75, 3.05) is 7.11 Å². The molecule has 1 heterocycles. The summed E-state index contributed by atoms with van der Waals surface area (Å²) in [4.78, 5) is 12.1. The Kier molecular flexibility index (Phi) is 4.59. The van der Waals surface area contributed by atoms with Gasteiger partial charge in [-0.05, 0) is 25.1 Å².